The Balaban J connectivity index is 2.28. The van der Waals surface area contributed by atoms with Crippen molar-refractivity contribution in [3.63, 3.8) is 0 Å². The smallest absolute Gasteiger partial charge is 0.244 e. The lowest BCUT2D eigenvalue weighted by Gasteiger charge is -2.33. The molecule has 26 heavy (non-hydrogen) atoms. The largest absolute Gasteiger partial charge is 0.477 e. The van der Waals surface area contributed by atoms with Crippen molar-refractivity contribution in [2.75, 3.05) is 46.4 Å². The average molecular weight is 386 g/mol. The first-order chi connectivity index (χ1) is 12.3. The van der Waals surface area contributed by atoms with Crippen LogP contribution in [0.25, 0.3) is 0 Å². The number of pyridine rings is 1. The third-order valence-corrected chi connectivity index (χ3v) is 6.48. The maximum absolute atomic E-state index is 13.0. The molecule has 8 heteroatoms. The van der Waals surface area contributed by atoms with Crippen molar-refractivity contribution < 1.29 is 17.9 Å². The van der Waals surface area contributed by atoms with Gasteiger partial charge in [0.2, 0.25) is 15.9 Å². The Morgan fingerprint density at radius 1 is 1.19 bits per heavy atom. The highest BCUT2D eigenvalue weighted by Gasteiger charge is 2.29. The second-order valence-corrected chi connectivity index (χ2v) is 8.92. The van der Waals surface area contributed by atoms with Crippen LogP contribution in [0.5, 0.6) is 5.88 Å². The van der Waals surface area contributed by atoms with Crippen LogP contribution in [-0.2, 0) is 14.8 Å². The number of methoxy groups -OCH3 is 1. The molecule has 2 rings (SSSR count). The van der Waals surface area contributed by atoms with Crippen molar-refractivity contribution in [2.45, 2.75) is 38.7 Å². The van der Waals surface area contributed by atoms with Crippen molar-refractivity contribution >= 4 is 10.0 Å². The number of nitrogens with zero attached hydrogens (tertiary/aromatic N) is 3. The molecule has 0 aromatic carbocycles. The number of hydrogen-bond acceptors (Lipinski definition) is 6. The molecule has 1 aromatic rings. The molecule has 0 amide bonds. The van der Waals surface area contributed by atoms with Crippen molar-refractivity contribution in [3.05, 3.63) is 17.8 Å². The summed E-state index contributed by atoms with van der Waals surface area (Å²) in [6.45, 7) is 12.0. The zero-order valence-corrected chi connectivity index (χ0v) is 17.3. The molecule has 1 saturated heterocycles. The van der Waals surface area contributed by atoms with E-state index in [-0.39, 0.29) is 11.0 Å². The third kappa shape index (κ3) is 4.94. The van der Waals surface area contributed by atoms with Gasteiger partial charge in [0.1, 0.15) is 4.90 Å². The summed E-state index contributed by atoms with van der Waals surface area (Å²) in [5.74, 6) is 0.781. The van der Waals surface area contributed by atoms with Crippen LogP contribution in [0.15, 0.2) is 17.2 Å². The van der Waals surface area contributed by atoms with Gasteiger partial charge in [-0.1, -0.05) is 20.8 Å². The second-order valence-electron chi connectivity index (χ2n) is 6.99. The molecule has 1 aromatic heterocycles. The van der Waals surface area contributed by atoms with Gasteiger partial charge >= 0.3 is 0 Å². The van der Waals surface area contributed by atoms with Gasteiger partial charge in [0.15, 0.2) is 0 Å². The lowest BCUT2D eigenvalue weighted by atomic mass is 10.2. The van der Waals surface area contributed by atoms with Crippen LogP contribution in [-0.4, -0.2) is 69.0 Å². The SMILES string of the molecule is CCN1CCN(S(=O)(=O)c2cnc(OCC(C)C)c(C(C)OC)c2)CC1. The van der Waals surface area contributed by atoms with Crippen molar-refractivity contribution in [1.29, 1.82) is 0 Å². The Labute approximate surface area is 157 Å². The van der Waals surface area contributed by atoms with E-state index in [9.17, 15) is 8.42 Å². The molecule has 0 saturated carbocycles. The molecule has 0 N–H and O–H groups in total. The summed E-state index contributed by atoms with van der Waals surface area (Å²) in [4.78, 5) is 6.73. The molecule has 0 aliphatic carbocycles. The number of piperazine rings is 1. The summed E-state index contributed by atoms with van der Waals surface area (Å²) < 4.78 is 38.7. The van der Waals surface area contributed by atoms with Crippen LogP contribution in [0.3, 0.4) is 0 Å². The Morgan fingerprint density at radius 3 is 2.38 bits per heavy atom. The molecule has 0 bridgehead atoms. The Bertz CT molecular complexity index is 686. The molecular weight excluding hydrogens is 354 g/mol. The van der Waals surface area contributed by atoms with Crippen LogP contribution in [0.2, 0.25) is 0 Å². The van der Waals surface area contributed by atoms with Gasteiger partial charge < -0.3 is 14.4 Å². The molecule has 1 atom stereocenters. The van der Waals surface area contributed by atoms with Gasteiger partial charge in [0, 0.05) is 38.9 Å². The predicted molar refractivity (Wildman–Crippen MR) is 101 cm³/mol. The number of sulfonamides is 1. The lowest BCUT2D eigenvalue weighted by molar-refractivity contribution is 0.114. The first-order valence-electron chi connectivity index (χ1n) is 9.17. The average Bonchev–Trinajstić information content (AvgIpc) is 2.65. The van der Waals surface area contributed by atoms with Crippen LogP contribution in [0, 0.1) is 5.92 Å². The molecule has 1 aliphatic heterocycles. The van der Waals surface area contributed by atoms with Gasteiger partial charge in [-0.3, -0.25) is 0 Å². The van der Waals surface area contributed by atoms with Gasteiger partial charge in [-0.25, -0.2) is 13.4 Å². The van der Waals surface area contributed by atoms with Gasteiger partial charge in [-0.05, 0) is 25.5 Å². The molecular formula is C18H31N3O4S. The zero-order chi connectivity index (χ0) is 19.3. The highest BCUT2D eigenvalue weighted by Crippen LogP contribution is 2.29. The fourth-order valence-electron chi connectivity index (χ4n) is 2.81. The number of ether oxygens (including phenoxy) is 2. The summed E-state index contributed by atoms with van der Waals surface area (Å²) in [5.41, 5.74) is 0.654. The van der Waals surface area contributed by atoms with Crippen LogP contribution in [0.4, 0.5) is 0 Å². The van der Waals surface area contributed by atoms with Crippen molar-refractivity contribution in [1.82, 2.24) is 14.2 Å². The van der Waals surface area contributed by atoms with E-state index in [1.54, 1.807) is 13.2 Å². The monoisotopic (exact) mass is 385 g/mol. The Kier molecular flexibility index (Phi) is 7.40. The minimum atomic E-state index is -3.57. The highest BCUT2D eigenvalue weighted by molar-refractivity contribution is 7.89. The van der Waals surface area contributed by atoms with E-state index in [0.29, 0.717) is 37.1 Å². The van der Waals surface area contributed by atoms with E-state index >= 15 is 0 Å². The Morgan fingerprint density at radius 2 is 1.85 bits per heavy atom. The first-order valence-corrected chi connectivity index (χ1v) is 10.6. The van der Waals surface area contributed by atoms with Gasteiger partial charge in [-0.15, -0.1) is 0 Å². The van der Waals surface area contributed by atoms with E-state index in [4.69, 9.17) is 9.47 Å². The highest BCUT2D eigenvalue weighted by atomic mass is 32.2. The fourth-order valence-corrected chi connectivity index (χ4v) is 4.21. The lowest BCUT2D eigenvalue weighted by Crippen LogP contribution is -2.48. The topological polar surface area (TPSA) is 72.0 Å². The summed E-state index contributed by atoms with van der Waals surface area (Å²) in [6, 6.07) is 1.64. The van der Waals surface area contributed by atoms with Crippen LogP contribution >= 0.6 is 0 Å². The number of likely N-dealkylation sites (N-methyl/N-ethyl adjacent to an activating group) is 1. The quantitative estimate of drug-likeness (QED) is 0.683. The van der Waals surface area contributed by atoms with E-state index < -0.39 is 10.0 Å². The fraction of sp³-hybridized carbons (Fsp3) is 0.722. The maximum Gasteiger partial charge on any atom is 0.244 e. The van der Waals surface area contributed by atoms with E-state index in [1.165, 1.54) is 10.5 Å². The van der Waals surface area contributed by atoms with Gasteiger partial charge in [0.05, 0.1) is 18.9 Å². The van der Waals surface area contributed by atoms with Gasteiger partial charge in [-0.2, -0.15) is 4.31 Å². The molecule has 148 valence electrons. The molecule has 0 spiro atoms. The number of hydrogen-bond donors (Lipinski definition) is 0. The van der Waals surface area contributed by atoms with E-state index in [0.717, 1.165) is 19.6 Å². The summed E-state index contributed by atoms with van der Waals surface area (Å²) in [7, 11) is -1.99. The first kappa shape index (κ1) is 21.1. The Hall–Kier alpha value is -1.22. The van der Waals surface area contributed by atoms with Crippen molar-refractivity contribution in [2.24, 2.45) is 5.92 Å². The minimum absolute atomic E-state index is 0.193. The van der Waals surface area contributed by atoms with Crippen molar-refractivity contribution in [3.8, 4) is 5.88 Å². The number of aromatic nitrogens is 1. The minimum Gasteiger partial charge on any atom is -0.477 e. The second kappa shape index (κ2) is 9.12. The zero-order valence-electron chi connectivity index (χ0n) is 16.4. The summed E-state index contributed by atoms with van der Waals surface area (Å²) >= 11 is 0. The molecule has 1 unspecified atom stereocenters. The van der Waals surface area contributed by atoms with Gasteiger partial charge in [0.25, 0.3) is 0 Å². The predicted octanol–water partition coefficient (Wildman–Crippen LogP) is 2.15. The van der Waals surface area contributed by atoms with E-state index in [2.05, 4.69) is 16.8 Å². The molecule has 0 radical (unpaired) electrons. The van der Waals surface area contributed by atoms with Crippen LogP contribution in [0.1, 0.15) is 39.4 Å². The summed E-state index contributed by atoms with van der Waals surface area (Å²) in [6.07, 6.45) is 1.08. The van der Waals surface area contributed by atoms with Crippen LogP contribution < -0.4 is 4.74 Å². The standard InChI is InChI=1S/C18H31N3O4S/c1-6-20-7-9-21(10-8-20)26(22,23)16-11-17(15(4)24-5)18(19-12-16)25-13-14(2)3/h11-12,14-15H,6-10,13H2,1-5H3. The number of rotatable bonds is 8. The molecule has 7 nitrogen and oxygen atoms in total. The molecule has 2 heterocycles. The molecule has 1 aliphatic rings. The third-order valence-electron chi connectivity index (χ3n) is 4.61. The maximum atomic E-state index is 13.0. The molecule has 1 fully saturated rings. The van der Waals surface area contributed by atoms with E-state index in [1.807, 2.05) is 20.8 Å². The normalized spacial score (nSPS) is 18.2. The summed E-state index contributed by atoms with van der Waals surface area (Å²) in [5, 5.41) is 0.